The molecule has 0 bridgehead atoms. The number of likely N-dealkylation sites (tertiary alicyclic amines) is 1. The van der Waals surface area contributed by atoms with Crippen molar-refractivity contribution in [3.8, 4) is 0 Å². The molecule has 0 radical (unpaired) electrons. The maximum Gasteiger partial charge on any atom is 0.433 e. The number of nitrogens with zero attached hydrogens (tertiary/aromatic N) is 6. The van der Waals surface area contributed by atoms with Gasteiger partial charge in [0.25, 0.3) is 5.78 Å². The van der Waals surface area contributed by atoms with E-state index < -0.39 is 11.9 Å². The van der Waals surface area contributed by atoms with Crippen molar-refractivity contribution in [2.45, 2.75) is 38.4 Å². The molecule has 1 fully saturated rings. The fraction of sp³-hybridized carbons (Fsp3) is 0.444. The molecule has 1 saturated heterocycles. The molecule has 1 aliphatic rings. The molecule has 1 unspecified atom stereocenters. The van der Waals surface area contributed by atoms with Crippen LogP contribution in [0.15, 0.2) is 30.6 Å². The van der Waals surface area contributed by atoms with Crippen LogP contribution in [0.3, 0.4) is 0 Å². The zero-order chi connectivity index (χ0) is 19.0. The van der Waals surface area contributed by atoms with Gasteiger partial charge in [0.1, 0.15) is 6.33 Å². The zero-order valence-corrected chi connectivity index (χ0v) is 14.8. The minimum atomic E-state index is -4.51. The summed E-state index contributed by atoms with van der Waals surface area (Å²) < 4.78 is 41.0. The molecule has 3 aromatic rings. The second-order valence-electron chi connectivity index (χ2n) is 6.88. The van der Waals surface area contributed by atoms with Crippen LogP contribution in [0.25, 0.3) is 5.78 Å². The number of fused-ring (bicyclic) bond motifs is 1. The average molecular weight is 376 g/mol. The normalized spacial score (nSPS) is 18.9. The lowest BCUT2D eigenvalue weighted by atomic mass is 9.94. The Hall–Kier alpha value is -2.55. The van der Waals surface area contributed by atoms with Gasteiger partial charge in [-0.3, -0.25) is 9.88 Å². The van der Waals surface area contributed by atoms with Gasteiger partial charge in [0.15, 0.2) is 5.69 Å². The fourth-order valence-electron chi connectivity index (χ4n) is 3.60. The summed E-state index contributed by atoms with van der Waals surface area (Å²) in [5, 5.41) is 3.65. The highest BCUT2D eigenvalue weighted by molar-refractivity contribution is 5.33. The number of aromatic nitrogens is 5. The van der Waals surface area contributed by atoms with Crippen molar-refractivity contribution in [3.63, 3.8) is 0 Å². The van der Waals surface area contributed by atoms with Crippen molar-refractivity contribution in [1.29, 1.82) is 0 Å². The average Bonchev–Trinajstić information content (AvgIpc) is 3.08. The standard InChI is InChI=1S/C18H19F3N6/c1-12-4-2-6-14(24-12)10-26-7-3-5-13(9-26)15-8-16(18(19,20)21)27-17(25-15)22-11-23-27/h2,4,6,8,11,13H,3,5,7,9-10H2,1H3. The van der Waals surface area contributed by atoms with Gasteiger partial charge < -0.3 is 0 Å². The lowest BCUT2D eigenvalue weighted by molar-refractivity contribution is -0.142. The van der Waals surface area contributed by atoms with Crippen molar-refractivity contribution >= 4 is 5.78 Å². The summed E-state index contributed by atoms with van der Waals surface area (Å²) in [5.74, 6) is -0.0938. The predicted molar refractivity (Wildman–Crippen MR) is 92.0 cm³/mol. The van der Waals surface area contributed by atoms with E-state index in [4.69, 9.17) is 0 Å². The molecule has 27 heavy (non-hydrogen) atoms. The second-order valence-corrected chi connectivity index (χ2v) is 6.88. The van der Waals surface area contributed by atoms with Crippen LogP contribution in [0, 0.1) is 6.92 Å². The molecule has 142 valence electrons. The Morgan fingerprint density at radius 3 is 2.85 bits per heavy atom. The maximum absolute atomic E-state index is 13.4. The lowest BCUT2D eigenvalue weighted by Gasteiger charge is -2.32. The molecule has 0 amide bonds. The summed E-state index contributed by atoms with van der Waals surface area (Å²) in [6.07, 6.45) is -1.72. The fourth-order valence-corrected chi connectivity index (χ4v) is 3.60. The second kappa shape index (κ2) is 6.88. The molecule has 0 saturated carbocycles. The largest absolute Gasteiger partial charge is 0.433 e. The zero-order valence-electron chi connectivity index (χ0n) is 14.8. The maximum atomic E-state index is 13.4. The number of hydrogen-bond acceptors (Lipinski definition) is 5. The van der Waals surface area contributed by atoms with Crippen LogP contribution in [0.2, 0.25) is 0 Å². The van der Waals surface area contributed by atoms with Crippen molar-refractivity contribution in [2.75, 3.05) is 13.1 Å². The van der Waals surface area contributed by atoms with Gasteiger partial charge in [0, 0.05) is 24.7 Å². The Morgan fingerprint density at radius 2 is 2.07 bits per heavy atom. The van der Waals surface area contributed by atoms with Crippen LogP contribution in [0.1, 0.15) is 41.5 Å². The topological polar surface area (TPSA) is 59.2 Å². The number of hydrogen-bond donors (Lipinski definition) is 0. The molecule has 0 aromatic carbocycles. The van der Waals surface area contributed by atoms with Gasteiger partial charge >= 0.3 is 6.18 Å². The van der Waals surface area contributed by atoms with Crippen LogP contribution < -0.4 is 0 Å². The molecular formula is C18H19F3N6. The number of pyridine rings is 1. The highest BCUT2D eigenvalue weighted by Gasteiger charge is 2.36. The van der Waals surface area contributed by atoms with E-state index in [0.717, 1.165) is 47.7 Å². The first-order valence-corrected chi connectivity index (χ1v) is 8.83. The van der Waals surface area contributed by atoms with Gasteiger partial charge in [0.05, 0.1) is 11.4 Å². The summed E-state index contributed by atoms with van der Waals surface area (Å²) in [5.41, 5.74) is 1.50. The molecule has 9 heteroatoms. The number of alkyl halides is 3. The van der Waals surface area contributed by atoms with E-state index in [-0.39, 0.29) is 11.7 Å². The molecule has 6 nitrogen and oxygen atoms in total. The first-order valence-electron chi connectivity index (χ1n) is 8.83. The summed E-state index contributed by atoms with van der Waals surface area (Å²) in [6, 6.07) is 6.99. The van der Waals surface area contributed by atoms with Crippen LogP contribution >= 0.6 is 0 Å². The van der Waals surface area contributed by atoms with E-state index in [0.29, 0.717) is 18.8 Å². The van der Waals surface area contributed by atoms with E-state index in [1.165, 1.54) is 0 Å². The summed E-state index contributed by atoms with van der Waals surface area (Å²) in [7, 11) is 0. The first kappa shape index (κ1) is 17.8. The van der Waals surface area contributed by atoms with Gasteiger partial charge in [-0.1, -0.05) is 6.07 Å². The van der Waals surface area contributed by atoms with Crippen molar-refractivity contribution < 1.29 is 13.2 Å². The van der Waals surface area contributed by atoms with Crippen molar-refractivity contribution in [2.24, 2.45) is 0 Å². The SMILES string of the molecule is Cc1cccc(CN2CCCC(c3cc(C(F)(F)F)n4ncnc4n3)C2)n1. The molecule has 3 aromatic heterocycles. The molecule has 4 heterocycles. The van der Waals surface area contributed by atoms with Crippen LogP contribution in [0.4, 0.5) is 13.2 Å². The minimum Gasteiger partial charge on any atom is -0.297 e. The molecule has 1 aliphatic heterocycles. The highest BCUT2D eigenvalue weighted by atomic mass is 19.4. The van der Waals surface area contributed by atoms with Gasteiger partial charge in [-0.2, -0.15) is 27.8 Å². The third-order valence-electron chi connectivity index (χ3n) is 4.82. The van der Waals surface area contributed by atoms with E-state index >= 15 is 0 Å². The highest BCUT2D eigenvalue weighted by Crippen LogP contribution is 2.33. The summed E-state index contributed by atoms with van der Waals surface area (Å²) in [6.45, 7) is 4.16. The van der Waals surface area contributed by atoms with E-state index in [9.17, 15) is 13.2 Å². The number of halogens is 3. The number of rotatable bonds is 3. The third kappa shape index (κ3) is 3.78. The minimum absolute atomic E-state index is 0.0164. The Bertz CT molecular complexity index is 952. The molecule has 0 spiro atoms. The van der Waals surface area contributed by atoms with Crippen LogP contribution in [-0.2, 0) is 12.7 Å². The Kier molecular flexibility index (Phi) is 4.55. The van der Waals surface area contributed by atoms with Gasteiger partial charge in [-0.15, -0.1) is 0 Å². The van der Waals surface area contributed by atoms with Gasteiger partial charge in [-0.05, 0) is 44.5 Å². The van der Waals surface area contributed by atoms with E-state index in [1.54, 1.807) is 0 Å². The van der Waals surface area contributed by atoms with Crippen LogP contribution in [0.5, 0.6) is 0 Å². The van der Waals surface area contributed by atoms with Crippen LogP contribution in [-0.4, -0.2) is 42.6 Å². The lowest BCUT2D eigenvalue weighted by Crippen LogP contribution is -2.34. The molecular weight excluding hydrogens is 357 g/mol. The smallest absolute Gasteiger partial charge is 0.297 e. The monoisotopic (exact) mass is 376 g/mol. The number of piperidine rings is 1. The predicted octanol–water partition coefficient (Wildman–Crippen LogP) is 3.23. The van der Waals surface area contributed by atoms with Gasteiger partial charge in [-0.25, -0.2) is 4.98 Å². The quantitative estimate of drug-likeness (QED) is 0.702. The Morgan fingerprint density at radius 1 is 1.22 bits per heavy atom. The van der Waals surface area contributed by atoms with E-state index in [2.05, 4.69) is 25.0 Å². The van der Waals surface area contributed by atoms with Crippen molar-refractivity contribution in [3.05, 3.63) is 53.4 Å². The van der Waals surface area contributed by atoms with Gasteiger partial charge in [0.2, 0.25) is 0 Å². The number of aryl methyl sites for hydroxylation is 1. The first-order chi connectivity index (χ1) is 12.9. The van der Waals surface area contributed by atoms with Crippen molar-refractivity contribution in [1.82, 2.24) is 29.5 Å². The molecule has 1 atom stereocenters. The molecule has 4 rings (SSSR count). The summed E-state index contributed by atoms with van der Waals surface area (Å²) >= 11 is 0. The molecule has 0 N–H and O–H groups in total. The third-order valence-corrected chi connectivity index (χ3v) is 4.82. The Balaban J connectivity index is 1.59. The summed E-state index contributed by atoms with van der Waals surface area (Å²) in [4.78, 5) is 14.9. The van der Waals surface area contributed by atoms with E-state index in [1.807, 2.05) is 25.1 Å². The Labute approximate surface area is 154 Å². The molecule has 0 aliphatic carbocycles.